The van der Waals surface area contributed by atoms with Gasteiger partial charge in [0.25, 0.3) is 0 Å². The number of carbonyl (C=O) groups is 2. The Balaban J connectivity index is 2.64. The monoisotopic (exact) mass is 399 g/mol. The molecule has 29 heavy (non-hydrogen) atoms. The van der Waals surface area contributed by atoms with Crippen molar-refractivity contribution in [2.75, 3.05) is 0 Å². The summed E-state index contributed by atoms with van der Waals surface area (Å²) in [5.74, 6) is -0.670. The van der Waals surface area contributed by atoms with E-state index >= 15 is 0 Å². The molecule has 158 valence electrons. The van der Waals surface area contributed by atoms with E-state index in [0.29, 0.717) is 5.57 Å². The Morgan fingerprint density at radius 1 is 1.00 bits per heavy atom. The van der Waals surface area contributed by atoms with Crippen LogP contribution < -0.4 is 5.32 Å². The lowest BCUT2D eigenvalue weighted by atomic mass is 9.69. The number of amides is 1. The molecule has 1 aromatic rings. The fraction of sp³-hybridized carbons (Fsp3) is 0.500. The summed E-state index contributed by atoms with van der Waals surface area (Å²) >= 11 is 0. The minimum absolute atomic E-state index is 0.205. The Bertz CT molecular complexity index is 839. The number of carbonyl (C=O) groups excluding carboxylic acids is 2. The maximum Gasteiger partial charge on any atom is 0.408 e. The fourth-order valence-corrected chi connectivity index (χ4v) is 3.52. The van der Waals surface area contributed by atoms with Gasteiger partial charge in [-0.05, 0) is 65.7 Å². The molecule has 0 spiro atoms. The molecule has 5 heteroatoms. The number of aryl methyl sites for hydroxylation is 1. The second-order valence-electron chi connectivity index (χ2n) is 9.51. The van der Waals surface area contributed by atoms with Gasteiger partial charge in [0.2, 0.25) is 0 Å². The standard InChI is InChI=1S/C24H33NO4/c1-16-12-9-10-14-18(16)24(25-21(27)29-23(6,7)8)17(2)13-11-15-19(24)20(26)28-22(3,4)5/h9-15,17H,1-8H3,(H,25,27). The highest BCUT2D eigenvalue weighted by Crippen LogP contribution is 2.42. The molecule has 0 aliphatic heterocycles. The molecular weight excluding hydrogens is 366 g/mol. The molecule has 0 aromatic heterocycles. The summed E-state index contributed by atoms with van der Waals surface area (Å²) in [5.41, 5.74) is -0.264. The summed E-state index contributed by atoms with van der Waals surface area (Å²) in [6.07, 6.45) is 4.93. The highest BCUT2D eigenvalue weighted by molar-refractivity contribution is 5.94. The second kappa shape index (κ2) is 8.05. The number of hydrogen-bond acceptors (Lipinski definition) is 4. The molecule has 0 radical (unpaired) electrons. The van der Waals surface area contributed by atoms with Crippen LogP contribution in [0.2, 0.25) is 0 Å². The number of esters is 1. The highest BCUT2D eigenvalue weighted by atomic mass is 16.6. The van der Waals surface area contributed by atoms with E-state index in [0.717, 1.165) is 11.1 Å². The molecular formula is C24H33NO4. The lowest BCUT2D eigenvalue weighted by Gasteiger charge is -2.43. The first-order valence-electron chi connectivity index (χ1n) is 9.96. The quantitative estimate of drug-likeness (QED) is 0.711. The zero-order chi connectivity index (χ0) is 22.0. The number of rotatable bonds is 3. The molecule has 1 aliphatic rings. The summed E-state index contributed by atoms with van der Waals surface area (Å²) in [6.45, 7) is 14.8. The Labute approximate surface area is 174 Å². The number of allylic oxidation sites excluding steroid dienone is 2. The Hall–Kier alpha value is -2.56. The van der Waals surface area contributed by atoms with Gasteiger partial charge in [0.15, 0.2) is 0 Å². The van der Waals surface area contributed by atoms with Crippen LogP contribution in [0.1, 0.15) is 59.6 Å². The summed E-state index contributed by atoms with van der Waals surface area (Å²) in [4.78, 5) is 26.1. The lowest BCUT2D eigenvalue weighted by Crippen LogP contribution is -2.55. The van der Waals surface area contributed by atoms with E-state index in [9.17, 15) is 9.59 Å². The van der Waals surface area contributed by atoms with E-state index in [2.05, 4.69) is 5.32 Å². The van der Waals surface area contributed by atoms with Gasteiger partial charge in [-0.25, -0.2) is 9.59 Å². The third-order valence-corrected chi connectivity index (χ3v) is 4.66. The molecule has 2 rings (SSSR count). The van der Waals surface area contributed by atoms with Gasteiger partial charge < -0.3 is 14.8 Å². The molecule has 0 saturated heterocycles. The number of hydrogen-bond donors (Lipinski definition) is 1. The van der Waals surface area contributed by atoms with Gasteiger partial charge in [-0.1, -0.05) is 43.3 Å². The molecule has 2 atom stereocenters. The van der Waals surface area contributed by atoms with Crippen LogP contribution in [-0.4, -0.2) is 23.3 Å². The van der Waals surface area contributed by atoms with Crippen molar-refractivity contribution in [1.82, 2.24) is 5.32 Å². The highest BCUT2D eigenvalue weighted by Gasteiger charge is 2.48. The summed E-state index contributed by atoms with van der Waals surface area (Å²) in [7, 11) is 0. The van der Waals surface area contributed by atoms with E-state index in [4.69, 9.17) is 9.47 Å². The molecule has 0 fully saturated rings. The van der Waals surface area contributed by atoms with E-state index in [1.807, 2.05) is 91.8 Å². The maximum atomic E-state index is 13.2. The molecule has 1 aliphatic carbocycles. The van der Waals surface area contributed by atoms with Crippen molar-refractivity contribution >= 4 is 12.1 Å². The van der Waals surface area contributed by atoms with Crippen molar-refractivity contribution in [1.29, 1.82) is 0 Å². The van der Waals surface area contributed by atoms with Crippen LogP contribution in [0.4, 0.5) is 4.79 Å². The van der Waals surface area contributed by atoms with E-state index < -0.39 is 28.8 Å². The first kappa shape index (κ1) is 22.7. The zero-order valence-electron chi connectivity index (χ0n) is 18.8. The Kier molecular flexibility index (Phi) is 6.31. The van der Waals surface area contributed by atoms with Crippen LogP contribution >= 0.6 is 0 Å². The number of ether oxygens (including phenoxy) is 2. The molecule has 0 saturated carbocycles. The summed E-state index contributed by atoms with van der Waals surface area (Å²) < 4.78 is 11.2. The summed E-state index contributed by atoms with van der Waals surface area (Å²) in [5, 5.41) is 3.03. The van der Waals surface area contributed by atoms with Crippen molar-refractivity contribution in [2.45, 2.75) is 72.1 Å². The second-order valence-corrected chi connectivity index (χ2v) is 9.51. The minimum atomic E-state index is -1.11. The van der Waals surface area contributed by atoms with Crippen molar-refractivity contribution in [3.63, 3.8) is 0 Å². The first-order valence-corrected chi connectivity index (χ1v) is 9.96. The van der Waals surface area contributed by atoms with Gasteiger partial charge in [0.1, 0.15) is 16.7 Å². The van der Waals surface area contributed by atoms with Crippen LogP contribution in [0.3, 0.4) is 0 Å². The van der Waals surface area contributed by atoms with Gasteiger partial charge in [0, 0.05) is 5.92 Å². The van der Waals surface area contributed by atoms with Gasteiger partial charge in [0.05, 0.1) is 5.57 Å². The van der Waals surface area contributed by atoms with Crippen molar-refractivity contribution in [2.24, 2.45) is 5.92 Å². The first-order chi connectivity index (χ1) is 13.3. The van der Waals surface area contributed by atoms with E-state index in [1.165, 1.54) is 0 Å². The van der Waals surface area contributed by atoms with Gasteiger partial charge in [-0.15, -0.1) is 0 Å². The van der Waals surface area contributed by atoms with Crippen LogP contribution in [0, 0.1) is 12.8 Å². The molecule has 5 nitrogen and oxygen atoms in total. The van der Waals surface area contributed by atoms with Crippen LogP contribution in [0.15, 0.2) is 48.1 Å². The van der Waals surface area contributed by atoms with Gasteiger partial charge in [-0.2, -0.15) is 0 Å². The Morgan fingerprint density at radius 2 is 1.59 bits per heavy atom. The van der Waals surface area contributed by atoms with Crippen LogP contribution in [0.5, 0.6) is 0 Å². The summed E-state index contributed by atoms with van der Waals surface area (Å²) in [6, 6.07) is 7.73. The normalized spacial score (nSPS) is 21.9. The SMILES string of the molecule is Cc1ccccc1C1(NC(=O)OC(C)(C)C)C(C(=O)OC(C)(C)C)=CC=CC1C. The van der Waals surface area contributed by atoms with Crippen molar-refractivity contribution in [3.8, 4) is 0 Å². The third-order valence-electron chi connectivity index (χ3n) is 4.66. The molecule has 1 aromatic carbocycles. The largest absolute Gasteiger partial charge is 0.457 e. The molecule has 1 N–H and O–H groups in total. The van der Waals surface area contributed by atoms with Crippen LogP contribution in [0.25, 0.3) is 0 Å². The average molecular weight is 400 g/mol. The minimum Gasteiger partial charge on any atom is -0.457 e. The predicted molar refractivity (Wildman–Crippen MR) is 114 cm³/mol. The van der Waals surface area contributed by atoms with Gasteiger partial charge in [-0.3, -0.25) is 0 Å². The maximum absolute atomic E-state index is 13.2. The number of alkyl carbamates (subject to hydrolysis) is 1. The third kappa shape index (κ3) is 5.28. The van der Waals surface area contributed by atoms with Gasteiger partial charge >= 0.3 is 12.1 Å². The number of benzene rings is 1. The van der Waals surface area contributed by atoms with E-state index in [-0.39, 0.29) is 5.92 Å². The average Bonchev–Trinajstić information content (AvgIpc) is 2.53. The lowest BCUT2D eigenvalue weighted by molar-refractivity contribution is -0.151. The van der Waals surface area contributed by atoms with Crippen molar-refractivity contribution in [3.05, 3.63) is 59.2 Å². The topological polar surface area (TPSA) is 64.6 Å². The van der Waals surface area contributed by atoms with Crippen LogP contribution in [-0.2, 0) is 19.8 Å². The number of nitrogens with one attached hydrogen (secondary N) is 1. The predicted octanol–water partition coefficient (Wildman–Crippen LogP) is 5.19. The zero-order valence-corrected chi connectivity index (χ0v) is 18.8. The smallest absolute Gasteiger partial charge is 0.408 e. The Morgan fingerprint density at radius 3 is 2.14 bits per heavy atom. The van der Waals surface area contributed by atoms with E-state index in [1.54, 1.807) is 6.08 Å². The fourth-order valence-electron chi connectivity index (χ4n) is 3.52. The molecule has 1 amide bonds. The molecule has 0 heterocycles. The van der Waals surface area contributed by atoms with Crippen molar-refractivity contribution < 1.29 is 19.1 Å². The molecule has 0 bridgehead atoms. The molecule has 2 unspecified atom stereocenters.